The van der Waals surface area contributed by atoms with Gasteiger partial charge in [0.1, 0.15) is 0 Å². The Morgan fingerprint density at radius 1 is 1.28 bits per heavy atom. The van der Waals surface area contributed by atoms with Gasteiger partial charge in [-0.1, -0.05) is 46.0 Å². The first-order valence-corrected chi connectivity index (χ1v) is 7.64. The molecule has 3 heteroatoms. The smallest absolute Gasteiger partial charge is 0.192 e. The van der Waals surface area contributed by atoms with E-state index < -0.39 is 0 Å². The zero-order valence-electron chi connectivity index (χ0n) is 12.7. The van der Waals surface area contributed by atoms with Gasteiger partial charge in [0, 0.05) is 6.04 Å². The maximum atomic E-state index is 6.06. The van der Waals surface area contributed by atoms with E-state index in [4.69, 9.17) is 5.73 Å². The number of aliphatic imine (C=N–C) groups is 1. The molecule has 3 nitrogen and oxygen atoms in total. The number of nitrogens with zero attached hydrogens (tertiary/aromatic N) is 2. The van der Waals surface area contributed by atoms with Gasteiger partial charge in [-0.15, -0.1) is 0 Å². The van der Waals surface area contributed by atoms with E-state index in [9.17, 15) is 0 Å². The van der Waals surface area contributed by atoms with Crippen molar-refractivity contribution in [3.8, 4) is 0 Å². The predicted octanol–water partition coefficient (Wildman–Crippen LogP) is 3.53. The van der Waals surface area contributed by atoms with Crippen molar-refractivity contribution in [3.05, 3.63) is 0 Å². The van der Waals surface area contributed by atoms with Crippen molar-refractivity contribution in [1.82, 2.24) is 4.90 Å². The summed E-state index contributed by atoms with van der Waals surface area (Å²) in [4.78, 5) is 6.83. The summed E-state index contributed by atoms with van der Waals surface area (Å²) in [5, 5.41) is 0. The molecular formula is C15H31N3. The van der Waals surface area contributed by atoms with Gasteiger partial charge in [0.25, 0.3) is 0 Å². The number of guanidine groups is 1. The zero-order valence-corrected chi connectivity index (χ0v) is 12.7. The van der Waals surface area contributed by atoms with Crippen LogP contribution in [-0.2, 0) is 0 Å². The van der Waals surface area contributed by atoms with Crippen LogP contribution in [0.5, 0.6) is 0 Å². The topological polar surface area (TPSA) is 41.6 Å². The molecule has 0 fully saturated rings. The quantitative estimate of drug-likeness (QED) is 0.672. The molecule has 0 aromatic heterocycles. The summed E-state index contributed by atoms with van der Waals surface area (Å²) >= 11 is 0. The Kier molecular flexibility index (Phi) is 5.97. The normalized spacial score (nSPS) is 25.3. The Hall–Kier alpha value is -0.730. The Balaban J connectivity index is 2.46. The fourth-order valence-electron chi connectivity index (χ4n) is 2.93. The van der Waals surface area contributed by atoms with Crippen LogP contribution in [0.15, 0.2) is 4.99 Å². The van der Waals surface area contributed by atoms with Crippen LogP contribution < -0.4 is 5.73 Å². The summed E-state index contributed by atoms with van der Waals surface area (Å²) in [6.07, 6.45) is 9.03. The van der Waals surface area contributed by atoms with Crippen LogP contribution in [0, 0.1) is 0 Å². The molecule has 18 heavy (non-hydrogen) atoms. The Morgan fingerprint density at radius 2 is 1.94 bits per heavy atom. The van der Waals surface area contributed by atoms with Gasteiger partial charge in [0.15, 0.2) is 5.96 Å². The van der Waals surface area contributed by atoms with Crippen molar-refractivity contribution in [1.29, 1.82) is 0 Å². The van der Waals surface area contributed by atoms with Crippen LogP contribution in [0.4, 0.5) is 0 Å². The maximum absolute atomic E-state index is 6.06. The van der Waals surface area contributed by atoms with Crippen molar-refractivity contribution in [2.45, 2.75) is 84.2 Å². The lowest BCUT2D eigenvalue weighted by Gasteiger charge is -2.40. The first-order valence-electron chi connectivity index (χ1n) is 7.64. The zero-order chi connectivity index (χ0) is 13.6. The fraction of sp³-hybridized carbons (Fsp3) is 0.933. The highest BCUT2D eigenvalue weighted by Gasteiger charge is 2.39. The molecule has 0 bridgehead atoms. The molecule has 1 aliphatic heterocycles. The van der Waals surface area contributed by atoms with Gasteiger partial charge in [-0.2, -0.15) is 0 Å². The van der Waals surface area contributed by atoms with E-state index >= 15 is 0 Å². The van der Waals surface area contributed by atoms with Crippen LogP contribution in [0.2, 0.25) is 0 Å². The first kappa shape index (κ1) is 15.3. The van der Waals surface area contributed by atoms with Crippen LogP contribution in [0.25, 0.3) is 0 Å². The van der Waals surface area contributed by atoms with Crippen molar-refractivity contribution >= 4 is 5.96 Å². The average molecular weight is 253 g/mol. The van der Waals surface area contributed by atoms with Crippen molar-refractivity contribution < 1.29 is 0 Å². The van der Waals surface area contributed by atoms with Crippen LogP contribution in [0.3, 0.4) is 0 Å². The molecule has 0 amide bonds. The molecular weight excluding hydrogens is 222 g/mol. The summed E-state index contributed by atoms with van der Waals surface area (Å²) in [7, 11) is 0. The van der Waals surface area contributed by atoms with Gasteiger partial charge in [-0.3, -0.25) is 4.99 Å². The number of rotatable bonds is 8. The minimum absolute atomic E-state index is 0.158. The van der Waals surface area contributed by atoms with Crippen LogP contribution in [-0.4, -0.2) is 29.0 Å². The van der Waals surface area contributed by atoms with Gasteiger partial charge >= 0.3 is 0 Å². The highest BCUT2D eigenvalue weighted by molar-refractivity contribution is 5.81. The molecule has 2 atom stereocenters. The monoisotopic (exact) mass is 253 g/mol. The molecule has 0 radical (unpaired) electrons. The molecule has 1 heterocycles. The van der Waals surface area contributed by atoms with Crippen LogP contribution >= 0.6 is 0 Å². The summed E-state index contributed by atoms with van der Waals surface area (Å²) in [5.41, 5.74) is 6.22. The summed E-state index contributed by atoms with van der Waals surface area (Å²) < 4.78 is 0. The fourth-order valence-corrected chi connectivity index (χ4v) is 2.93. The van der Waals surface area contributed by atoms with E-state index in [1.165, 1.54) is 38.5 Å². The third-order valence-electron chi connectivity index (χ3n) is 4.26. The minimum atomic E-state index is 0.158. The lowest BCUT2D eigenvalue weighted by atomic mass is 9.91. The largest absolute Gasteiger partial charge is 0.370 e. The first-order chi connectivity index (χ1) is 8.55. The van der Waals surface area contributed by atoms with Gasteiger partial charge in [-0.25, -0.2) is 0 Å². The molecule has 0 saturated carbocycles. The van der Waals surface area contributed by atoms with Crippen molar-refractivity contribution in [2.24, 2.45) is 10.7 Å². The van der Waals surface area contributed by atoms with E-state index in [0.29, 0.717) is 6.04 Å². The van der Waals surface area contributed by atoms with Gasteiger partial charge < -0.3 is 10.6 Å². The lowest BCUT2D eigenvalue weighted by Crippen LogP contribution is -2.53. The summed E-state index contributed by atoms with van der Waals surface area (Å²) in [5.74, 6) is 0.750. The molecule has 0 aromatic rings. The third kappa shape index (κ3) is 3.63. The predicted molar refractivity (Wildman–Crippen MR) is 79.9 cm³/mol. The lowest BCUT2D eigenvalue weighted by molar-refractivity contribution is 0.156. The Bertz CT molecular complexity index is 275. The van der Waals surface area contributed by atoms with Crippen molar-refractivity contribution in [2.75, 3.05) is 6.54 Å². The van der Waals surface area contributed by atoms with Gasteiger partial charge in [-0.05, 0) is 26.7 Å². The Labute approximate surface area is 113 Å². The minimum Gasteiger partial charge on any atom is -0.370 e. The second kappa shape index (κ2) is 7.01. The van der Waals surface area contributed by atoms with E-state index in [-0.39, 0.29) is 5.54 Å². The number of unbranched alkanes of at least 4 members (excludes halogenated alkanes) is 4. The third-order valence-corrected chi connectivity index (χ3v) is 4.26. The molecule has 0 saturated heterocycles. The second-order valence-corrected chi connectivity index (χ2v) is 5.96. The maximum Gasteiger partial charge on any atom is 0.192 e. The van der Waals surface area contributed by atoms with Crippen molar-refractivity contribution in [3.63, 3.8) is 0 Å². The highest BCUT2D eigenvalue weighted by Crippen LogP contribution is 2.30. The molecule has 106 valence electrons. The summed E-state index contributed by atoms with van der Waals surface area (Å²) in [6, 6.07) is 0.497. The van der Waals surface area contributed by atoms with E-state index in [0.717, 1.165) is 18.9 Å². The van der Waals surface area contributed by atoms with E-state index in [1.807, 2.05) is 0 Å². The second-order valence-electron chi connectivity index (χ2n) is 5.96. The SMILES string of the molecule is CCCCCCCC1(C)CN=C(N)N1C(C)CC. The van der Waals surface area contributed by atoms with Gasteiger partial charge in [0.05, 0.1) is 12.1 Å². The molecule has 0 aliphatic carbocycles. The highest BCUT2D eigenvalue weighted by atomic mass is 15.4. The number of hydrogen-bond acceptors (Lipinski definition) is 3. The standard InChI is InChI=1S/C15H31N3/c1-5-7-8-9-10-11-15(4)12-17-14(16)18(15)13(3)6-2/h13H,5-12H2,1-4H3,(H2,16,17). The molecule has 0 spiro atoms. The number of hydrogen-bond donors (Lipinski definition) is 1. The van der Waals surface area contributed by atoms with Gasteiger partial charge in [0.2, 0.25) is 0 Å². The molecule has 0 aromatic carbocycles. The molecule has 2 N–H and O–H groups in total. The van der Waals surface area contributed by atoms with E-state index in [2.05, 4.69) is 37.6 Å². The number of nitrogens with two attached hydrogens (primary N) is 1. The Morgan fingerprint density at radius 3 is 2.56 bits per heavy atom. The van der Waals surface area contributed by atoms with Crippen LogP contribution in [0.1, 0.15) is 72.6 Å². The molecule has 1 rings (SSSR count). The molecule has 2 unspecified atom stereocenters. The molecule has 1 aliphatic rings. The average Bonchev–Trinajstić information content (AvgIpc) is 2.65. The summed E-state index contributed by atoms with van der Waals surface area (Å²) in [6.45, 7) is 9.93. The van der Waals surface area contributed by atoms with E-state index in [1.54, 1.807) is 0 Å².